The van der Waals surface area contributed by atoms with Gasteiger partial charge in [-0.1, -0.05) is 115 Å². The molecule has 3 aromatic heterocycles. The van der Waals surface area contributed by atoms with Gasteiger partial charge in [0.05, 0.1) is 22.3 Å². The molecule has 0 aliphatic heterocycles. The molecule has 0 aliphatic rings. The van der Waals surface area contributed by atoms with E-state index < -0.39 is 0 Å². The second-order valence-corrected chi connectivity index (χ2v) is 13.8. The topological polar surface area (TPSA) is 67.4 Å². The van der Waals surface area contributed by atoms with Crippen LogP contribution in [0.3, 0.4) is 0 Å². The molecule has 10 rings (SSSR count). The predicted molar refractivity (Wildman–Crippen MR) is 214 cm³/mol. The molecule has 10 aromatic rings. The van der Waals surface area contributed by atoms with Crippen LogP contribution in [0, 0.1) is 11.3 Å². The summed E-state index contributed by atoms with van der Waals surface area (Å²) in [7, 11) is 0. The highest BCUT2D eigenvalue weighted by molar-refractivity contribution is 7.25. The summed E-state index contributed by atoms with van der Waals surface area (Å²) in [5.74, 6) is 1.84. The van der Waals surface area contributed by atoms with Crippen LogP contribution in [0.4, 0.5) is 0 Å². The van der Waals surface area contributed by atoms with Crippen LogP contribution in [0.15, 0.2) is 164 Å². The third-order valence-corrected chi connectivity index (χ3v) is 10.9. The molecule has 5 nitrogen and oxygen atoms in total. The van der Waals surface area contributed by atoms with Crippen molar-refractivity contribution in [2.45, 2.75) is 0 Å². The first kappa shape index (κ1) is 29.9. The number of nitrogens with zero attached hydrogens (tertiary/aromatic N) is 5. The molecule has 0 spiro atoms. The lowest BCUT2D eigenvalue weighted by molar-refractivity contribution is 1.07. The van der Waals surface area contributed by atoms with Crippen molar-refractivity contribution in [2.75, 3.05) is 0 Å². The Hall–Kier alpha value is -6.94. The van der Waals surface area contributed by atoms with Crippen molar-refractivity contribution >= 4 is 53.3 Å². The fraction of sp³-hybridized carbons (Fsp3) is 0. The molecule has 0 saturated carbocycles. The van der Waals surface area contributed by atoms with Crippen LogP contribution in [-0.2, 0) is 0 Å². The van der Waals surface area contributed by atoms with E-state index in [2.05, 4.69) is 102 Å². The van der Waals surface area contributed by atoms with Crippen LogP contribution in [-0.4, -0.2) is 19.5 Å². The zero-order chi connectivity index (χ0) is 34.6. The highest BCUT2D eigenvalue weighted by Gasteiger charge is 2.20. The molecule has 0 N–H and O–H groups in total. The van der Waals surface area contributed by atoms with E-state index in [1.54, 1.807) is 11.3 Å². The van der Waals surface area contributed by atoms with Gasteiger partial charge in [-0.3, -0.25) is 0 Å². The van der Waals surface area contributed by atoms with E-state index in [-0.39, 0.29) is 0 Å². The molecule has 0 radical (unpaired) electrons. The average molecular weight is 682 g/mol. The van der Waals surface area contributed by atoms with Crippen molar-refractivity contribution in [3.8, 4) is 57.0 Å². The van der Waals surface area contributed by atoms with Gasteiger partial charge in [-0.2, -0.15) is 5.26 Å². The minimum absolute atomic E-state index is 0.600. The van der Waals surface area contributed by atoms with Gasteiger partial charge in [-0.25, -0.2) is 15.0 Å². The summed E-state index contributed by atoms with van der Waals surface area (Å²) in [6.07, 6.45) is 0. The molecule has 242 valence electrons. The maximum atomic E-state index is 10.8. The molecule has 0 saturated heterocycles. The van der Waals surface area contributed by atoms with Crippen molar-refractivity contribution in [3.63, 3.8) is 0 Å². The molecule has 7 aromatic carbocycles. The van der Waals surface area contributed by atoms with Gasteiger partial charge in [-0.05, 0) is 54.1 Å². The summed E-state index contributed by atoms with van der Waals surface area (Å²) in [4.78, 5) is 14.9. The molecule has 0 bridgehead atoms. The number of thiophene rings is 1. The second-order valence-electron chi connectivity index (χ2n) is 12.7. The second kappa shape index (κ2) is 12.1. The molecule has 52 heavy (non-hydrogen) atoms. The zero-order valence-electron chi connectivity index (χ0n) is 27.7. The van der Waals surface area contributed by atoms with Crippen molar-refractivity contribution < 1.29 is 0 Å². The summed E-state index contributed by atoms with van der Waals surface area (Å²) in [5.41, 5.74) is 8.16. The average Bonchev–Trinajstić information content (AvgIpc) is 3.76. The molecule has 0 unspecified atom stereocenters. The number of aromatic nitrogens is 4. The Balaban J connectivity index is 1.16. The molecule has 0 amide bonds. The maximum Gasteiger partial charge on any atom is 0.164 e. The van der Waals surface area contributed by atoms with E-state index in [4.69, 9.17) is 15.0 Å². The van der Waals surface area contributed by atoms with Crippen LogP contribution >= 0.6 is 11.3 Å². The monoisotopic (exact) mass is 681 g/mol. The van der Waals surface area contributed by atoms with E-state index in [0.717, 1.165) is 55.3 Å². The smallest absolute Gasteiger partial charge is 0.164 e. The van der Waals surface area contributed by atoms with E-state index in [9.17, 15) is 5.26 Å². The normalized spacial score (nSPS) is 11.4. The quantitative estimate of drug-likeness (QED) is 0.181. The molecule has 0 aliphatic carbocycles. The number of hydrogen-bond donors (Lipinski definition) is 0. The predicted octanol–water partition coefficient (Wildman–Crippen LogP) is 11.9. The minimum Gasteiger partial charge on any atom is -0.308 e. The van der Waals surface area contributed by atoms with Crippen molar-refractivity contribution in [1.82, 2.24) is 19.5 Å². The lowest BCUT2D eigenvalue weighted by atomic mass is 9.97. The third-order valence-electron chi connectivity index (χ3n) is 9.71. The van der Waals surface area contributed by atoms with Crippen molar-refractivity contribution in [1.29, 1.82) is 5.26 Å². The number of hydrogen-bond acceptors (Lipinski definition) is 5. The number of rotatable bonds is 5. The number of para-hydroxylation sites is 1. The van der Waals surface area contributed by atoms with Crippen LogP contribution < -0.4 is 0 Å². The summed E-state index contributed by atoms with van der Waals surface area (Å²) in [6, 6.07) is 58.6. The van der Waals surface area contributed by atoms with Crippen LogP contribution in [0.2, 0.25) is 0 Å². The largest absolute Gasteiger partial charge is 0.308 e. The lowest BCUT2D eigenvalue weighted by Crippen LogP contribution is -2.01. The van der Waals surface area contributed by atoms with Crippen molar-refractivity contribution in [3.05, 3.63) is 169 Å². The highest BCUT2D eigenvalue weighted by Crippen LogP contribution is 2.40. The van der Waals surface area contributed by atoms with Crippen molar-refractivity contribution in [2.24, 2.45) is 0 Å². The highest BCUT2D eigenvalue weighted by atomic mass is 32.1. The third kappa shape index (κ3) is 4.87. The number of nitriles is 1. The summed E-state index contributed by atoms with van der Waals surface area (Å²) in [6.45, 7) is 0. The number of fused-ring (bicyclic) bond motifs is 6. The fourth-order valence-corrected chi connectivity index (χ4v) is 8.37. The van der Waals surface area contributed by atoms with Gasteiger partial charge in [0.15, 0.2) is 17.5 Å². The first-order valence-corrected chi connectivity index (χ1v) is 17.9. The van der Waals surface area contributed by atoms with Gasteiger partial charge in [-0.15, -0.1) is 11.3 Å². The Labute approximate surface area is 303 Å². The summed E-state index contributed by atoms with van der Waals surface area (Å²) < 4.78 is 4.72. The Morgan fingerprint density at radius 1 is 0.442 bits per heavy atom. The Kier molecular flexibility index (Phi) is 6.98. The minimum atomic E-state index is 0.600. The van der Waals surface area contributed by atoms with Crippen LogP contribution in [0.25, 0.3) is 93.0 Å². The van der Waals surface area contributed by atoms with Gasteiger partial charge < -0.3 is 4.57 Å². The van der Waals surface area contributed by atoms with E-state index in [1.165, 1.54) is 20.2 Å². The SMILES string of the molecule is N#Cc1c(-c2ccc3sc4ccccc4c3c2)cccc1-n1c2ccccc2c2cc(-c3nc(-c4ccccc4)nc(-c4ccccc4)n3)ccc21. The summed E-state index contributed by atoms with van der Waals surface area (Å²) >= 11 is 1.80. The first-order valence-electron chi connectivity index (χ1n) is 17.1. The molecule has 6 heteroatoms. The van der Waals surface area contributed by atoms with Gasteiger partial charge in [0, 0.05) is 53.2 Å². The summed E-state index contributed by atoms with van der Waals surface area (Å²) in [5, 5.41) is 15.4. The first-order chi connectivity index (χ1) is 25.7. The number of benzene rings is 7. The molecular formula is C46H27N5S. The van der Waals surface area contributed by atoms with Crippen LogP contribution in [0.1, 0.15) is 5.56 Å². The zero-order valence-corrected chi connectivity index (χ0v) is 28.5. The maximum absolute atomic E-state index is 10.8. The molecule has 0 atom stereocenters. The lowest BCUT2D eigenvalue weighted by Gasteiger charge is -2.14. The molecular weight excluding hydrogens is 655 g/mol. The Bertz CT molecular complexity index is 2970. The van der Waals surface area contributed by atoms with Gasteiger partial charge in [0.25, 0.3) is 0 Å². The van der Waals surface area contributed by atoms with Gasteiger partial charge >= 0.3 is 0 Å². The Morgan fingerprint density at radius 2 is 1.02 bits per heavy atom. The van der Waals surface area contributed by atoms with Crippen LogP contribution in [0.5, 0.6) is 0 Å². The van der Waals surface area contributed by atoms with E-state index in [0.29, 0.717) is 23.0 Å². The van der Waals surface area contributed by atoms with Gasteiger partial charge in [0.2, 0.25) is 0 Å². The van der Waals surface area contributed by atoms with E-state index >= 15 is 0 Å². The Morgan fingerprint density at radius 3 is 1.75 bits per heavy atom. The standard InChI is InChI=1S/C46H27N5S/c47-28-38-33(31-23-25-43-37(26-31)35-17-8-10-21-42(35)52-43)18-11-20-40(38)51-39-19-9-7-16-34(39)36-27-32(22-24-41(36)51)46-49-44(29-12-3-1-4-13-29)48-45(50-46)30-14-5-2-6-15-30/h1-27H. The fourth-order valence-electron chi connectivity index (χ4n) is 7.29. The van der Waals surface area contributed by atoms with E-state index in [1.807, 2.05) is 72.8 Å². The van der Waals surface area contributed by atoms with Gasteiger partial charge in [0.1, 0.15) is 6.07 Å². The molecule has 3 heterocycles. The molecule has 0 fully saturated rings.